The Morgan fingerprint density at radius 2 is 1.38 bits per heavy atom. The second-order valence-electron chi connectivity index (χ2n) is 4.52. The number of nitrogens with one attached hydrogen (secondary N) is 2. The van der Waals surface area contributed by atoms with Gasteiger partial charge in [0.25, 0.3) is 0 Å². The molecule has 0 aliphatic carbocycles. The largest absolute Gasteiger partial charge is 0.481 e. The minimum atomic E-state index is -1.17. The molecule has 12 heteroatoms. The maximum Gasteiger partial charge on any atom is 0.320 e. The number of hydrogen-bond acceptors (Lipinski definition) is 7. The van der Waals surface area contributed by atoms with Crippen LogP contribution in [0.2, 0.25) is 0 Å². The predicted octanol–water partition coefficient (Wildman–Crippen LogP) is -3.09. The molecule has 0 aromatic rings. The van der Waals surface area contributed by atoms with Gasteiger partial charge in [-0.15, -0.1) is 0 Å². The molecule has 1 aliphatic heterocycles. The van der Waals surface area contributed by atoms with E-state index in [9.17, 15) is 24.0 Å². The molecular weight excluding hydrogens is 328 g/mol. The molecule has 0 saturated carbocycles. The Labute approximate surface area is 137 Å². The van der Waals surface area contributed by atoms with Gasteiger partial charge in [0.2, 0.25) is 0 Å². The molecule has 9 N–H and O–H groups in total. The van der Waals surface area contributed by atoms with Gasteiger partial charge in [-0.25, -0.2) is 0 Å². The normalized spacial score (nSPS) is 15.1. The Morgan fingerprint density at radius 3 is 1.58 bits per heavy atom. The molecule has 1 saturated heterocycles. The summed E-state index contributed by atoms with van der Waals surface area (Å²) in [6.07, 6.45) is -0.224. The molecule has 2 atom stereocenters. The molecule has 1 heterocycles. The van der Waals surface area contributed by atoms with Crippen molar-refractivity contribution in [2.75, 3.05) is 13.1 Å². The third kappa shape index (κ3) is 14.2. The number of carboxylic acid groups (broad SMARTS) is 3. The highest BCUT2D eigenvalue weighted by Crippen LogP contribution is 1.93. The zero-order valence-electron chi connectivity index (χ0n) is 13.0. The van der Waals surface area contributed by atoms with E-state index in [2.05, 4.69) is 10.6 Å². The smallest absolute Gasteiger partial charge is 0.320 e. The number of carbonyl (C=O) groups excluding carboxylic acids is 2. The van der Waals surface area contributed by atoms with Gasteiger partial charge in [-0.1, -0.05) is 0 Å². The molecule has 1 aliphatic rings. The van der Waals surface area contributed by atoms with E-state index < -0.39 is 41.8 Å². The van der Waals surface area contributed by atoms with Crippen molar-refractivity contribution in [2.24, 2.45) is 11.5 Å². The number of hydrogen-bond donors (Lipinski definition) is 7. The van der Waals surface area contributed by atoms with Gasteiger partial charge in [0.15, 0.2) is 0 Å². The first kappa shape index (κ1) is 23.5. The van der Waals surface area contributed by atoms with E-state index in [0.29, 0.717) is 13.1 Å². The van der Waals surface area contributed by atoms with Crippen molar-refractivity contribution in [3.63, 3.8) is 0 Å². The zero-order valence-corrected chi connectivity index (χ0v) is 13.0. The highest BCUT2D eigenvalue weighted by atomic mass is 16.4. The molecule has 1 fully saturated rings. The minimum Gasteiger partial charge on any atom is -0.481 e. The summed E-state index contributed by atoms with van der Waals surface area (Å²) in [6.45, 7) is 2.51. The lowest BCUT2D eigenvalue weighted by molar-refractivity contribution is -0.140. The number of piperazine rings is 1. The zero-order chi connectivity index (χ0) is 19.3. The van der Waals surface area contributed by atoms with E-state index in [1.165, 1.54) is 6.92 Å². The number of nitrogens with two attached hydrogens (primary N) is 2. The molecule has 0 aromatic heterocycles. The predicted molar refractivity (Wildman–Crippen MR) is 79.8 cm³/mol. The Kier molecular flexibility index (Phi) is 12.5. The number of rotatable bonds is 5. The lowest BCUT2D eigenvalue weighted by atomic mass is 10.2. The number of carboxylic acids is 3. The summed E-state index contributed by atoms with van der Waals surface area (Å²) < 4.78 is 0. The van der Waals surface area contributed by atoms with E-state index in [0.717, 1.165) is 0 Å². The van der Waals surface area contributed by atoms with Crippen molar-refractivity contribution < 1.29 is 39.3 Å². The highest BCUT2D eigenvalue weighted by Gasteiger charge is 2.15. The summed E-state index contributed by atoms with van der Waals surface area (Å²) >= 11 is 0. The van der Waals surface area contributed by atoms with E-state index in [1.807, 2.05) is 0 Å². The Morgan fingerprint density at radius 1 is 1.00 bits per heavy atom. The first-order chi connectivity index (χ1) is 11.0. The second-order valence-corrected chi connectivity index (χ2v) is 4.52. The summed E-state index contributed by atoms with van der Waals surface area (Å²) in [5.74, 6) is -4.22. The summed E-state index contributed by atoms with van der Waals surface area (Å²) in [5.41, 5.74) is 9.84. The molecule has 2 amide bonds. The van der Waals surface area contributed by atoms with Crippen LogP contribution in [0.5, 0.6) is 0 Å². The molecule has 24 heavy (non-hydrogen) atoms. The van der Waals surface area contributed by atoms with Crippen LogP contribution in [0.3, 0.4) is 0 Å². The average molecular weight is 350 g/mol. The van der Waals surface area contributed by atoms with Crippen molar-refractivity contribution in [1.29, 1.82) is 0 Å². The minimum absolute atomic E-state index is 0.0231. The van der Waals surface area contributed by atoms with Gasteiger partial charge in [-0.05, 0) is 13.3 Å². The lowest BCUT2D eigenvalue weighted by Crippen LogP contribution is -2.49. The molecule has 138 valence electrons. The Balaban J connectivity index is 0. The lowest BCUT2D eigenvalue weighted by Gasteiger charge is -2.10. The summed E-state index contributed by atoms with van der Waals surface area (Å²) in [4.78, 5) is 50.0. The van der Waals surface area contributed by atoms with Crippen LogP contribution >= 0.6 is 0 Å². The maximum absolute atomic E-state index is 10.3. The van der Waals surface area contributed by atoms with Crippen molar-refractivity contribution in [1.82, 2.24) is 10.6 Å². The van der Waals surface area contributed by atoms with Gasteiger partial charge in [0.05, 0.1) is 0 Å². The van der Waals surface area contributed by atoms with Crippen LogP contribution < -0.4 is 22.1 Å². The number of amides is 2. The molecule has 0 radical (unpaired) electrons. The fourth-order valence-electron chi connectivity index (χ4n) is 0.915. The first-order valence-electron chi connectivity index (χ1n) is 6.73. The fraction of sp³-hybridized carbons (Fsp3) is 0.583. The monoisotopic (exact) mass is 350 g/mol. The van der Waals surface area contributed by atoms with Crippen LogP contribution in [0.15, 0.2) is 0 Å². The average Bonchev–Trinajstić information content (AvgIpc) is 2.48. The molecule has 12 nitrogen and oxygen atoms in total. The maximum atomic E-state index is 10.3. The molecule has 0 unspecified atom stereocenters. The summed E-state index contributed by atoms with van der Waals surface area (Å²) in [5, 5.41) is 28.9. The van der Waals surface area contributed by atoms with Gasteiger partial charge in [-0.2, -0.15) is 0 Å². The molecule has 0 bridgehead atoms. The first-order valence-corrected chi connectivity index (χ1v) is 6.73. The molecule has 0 spiro atoms. The van der Waals surface area contributed by atoms with Gasteiger partial charge < -0.3 is 37.4 Å². The van der Waals surface area contributed by atoms with Crippen molar-refractivity contribution in [2.45, 2.75) is 31.8 Å². The highest BCUT2D eigenvalue weighted by molar-refractivity contribution is 6.35. The van der Waals surface area contributed by atoms with E-state index in [4.69, 9.17) is 26.8 Å². The summed E-state index contributed by atoms with van der Waals surface area (Å²) in [7, 11) is 0. The molecule has 1 rings (SSSR count). The quantitative estimate of drug-likeness (QED) is 0.247. The van der Waals surface area contributed by atoms with Gasteiger partial charge >= 0.3 is 29.7 Å². The van der Waals surface area contributed by atoms with E-state index in [-0.39, 0.29) is 12.8 Å². The van der Waals surface area contributed by atoms with Crippen LogP contribution in [-0.2, 0) is 24.0 Å². The Bertz CT molecular complexity index is 450. The van der Waals surface area contributed by atoms with E-state index >= 15 is 0 Å². The number of aliphatic carboxylic acids is 3. The van der Waals surface area contributed by atoms with Crippen molar-refractivity contribution in [3.05, 3.63) is 0 Å². The van der Waals surface area contributed by atoms with Crippen LogP contribution in [0.4, 0.5) is 0 Å². The van der Waals surface area contributed by atoms with Gasteiger partial charge in [-0.3, -0.25) is 24.0 Å². The van der Waals surface area contributed by atoms with E-state index in [1.54, 1.807) is 0 Å². The third-order valence-electron chi connectivity index (χ3n) is 2.28. The van der Waals surface area contributed by atoms with Gasteiger partial charge in [0.1, 0.15) is 12.1 Å². The topological polar surface area (TPSA) is 222 Å². The third-order valence-corrected chi connectivity index (χ3v) is 2.28. The van der Waals surface area contributed by atoms with Crippen molar-refractivity contribution in [3.8, 4) is 0 Å². The molecule has 0 aromatic carbocycles. The summed E-state index contributed by atoms with van der Waals surface area (Å²) in [6, 6.07) is -1.79. The molecular formula is C12H22N4O8. The van der Waals surface area contributed by atoms with Crippen LogP contribution in [0.1, 0.15) is 19.8 Å². The standard InChI is InChI=1S/C5H9NO4.C4H6N2O2.C3H7NO2/c6-3(5(9)10)1-2-4(7)8;7-3-4(8)6-2-1-5-3;1-2(4)3(5)6/h3H,1-2,6H2,(H,7,8)(H,9,10);1-2H2,(H,5,7)(H,6,8);2H,4H2,1H3,(H,5,6)/t3-;;2-/m0.0/s1. The van der Waals surface area contributed by atoms with Crippen LogP contribution in [-0.4, -0.2) is 70.2 Å². The van der Waals surface area contributed by atoms with Crippen LogP contribution in [0, 0.1) is 0 Å². The fourth-order valence-corrected chi connectivity index (χ4v) is 0.915. The second kappa shape index (κ2) is 12.8. The van der Waals surface area contributed by atoms with Gasteiger partial charge in [0, 0.05) is 19.5 Å². The number of carbonyl (C=O) groups is 5. The van der Waals surface area contributed by atoms with Crippen molar-refractivity contribution >= 4 is 29.7 Å². The van der Waals surface area contributed by atoms with Crippen LogP contribution in [0.25, 0.3) is 0 Å². The Hall–Kier alpha value is -2.73. The SMILES string of the molecule is C[C@H](N)C(=O)O.N[C@@H](CCC(=O)O)C(=O)O.O=C1NCCNC1=O.